The number of rotatable bonds is 5. The molecule has 0 amide bonds. The van der Waals surface area contributed by atoms with Crippen molar-refractivity contribution in [3.05, 3.63) is 29.3 Å². The first-order valence-electron chi connectivity index (χ1n) is 6.00. The molecule has 0 spiro atoms. The van der Waals surface area contributed by atoms with E-state index in [2.05, 4.69) is 26.1 Å². The topological polar surface area (TPSA) is 49.3 Å². The summed E-state index contributed by atoms with van der Waals surface area (Å²) in [5, 5.41) is 12.3. The maximum atomic E-state index is 10.9. The lowest BCUT2D eigenvalue weighted by molar-refractivity contribution is 0.0697. The predicted octanol–water partition coefficient (Wildman–Crippen LogP) is 3.54. The van der Waals surface area contributed by atoms with Gasteiger partial charge >= 0.3 is 5.97 Å². The summed E-state index contributed by atoms with van der Waals surface area (Å²) in [6.45, 7) is 8.46. The predicted molar refractivity (Wildman–Crippen MR) is 70.7 cm³/mol. The molecule has 0 aliphatic rings. The monoisotopic (exact) mass is 235 g/mol. The van der Waals surface area contributed by atoms with Crippen molar-refractivity contribution in [3.63, 3.8) is 0 Å². The molecule has 3 nitrogen and oxygen atoms in total. The highest BCUT2D eigenvalue weighted by Crippen LogP contribution is 2.19. The third-order valence-corrected chi connectivity index (χ3v) is 2.71. The summed E-state index contributed by atoms with van der Waals surface area (Å²) >= 11 is 0. The van der Waals surface area contributed by atoms with Crippen LogP contribution in [0.15, 0.2) is 18.2 Å². The Morgan fingerprint density at radius 2 is 2.00 bits per heavy atom. The molecule has 0 heterocycles. The van der Waals surface area contributed by atoms with Crippen molar-refractivity contribution in [2.24, 2.45) is 5.92 Å². The lowest BCUT2D eigenvalue weighted by atomic mass is 10.0. The second kappa shape index (κ2) is 5.71. The minimum Gasteiger partial charge on any atom is -0.478 e. The zero-order valence-corrected chi connectivity index (χ0v) is 10.9. The van der Waals surface area contributed by atoms with Gasteiger partial charge in [-0.05, 0) is 43.9 Å². The number of carboxylic acids is 1. The van der Waals surface area contributed by atoms with Crippen molar-refractivity contribution in [1.29, 1.82) is 0 Å². The van der Waals surface area contributed by atoms with Crippen LogP contribution in [0.25, 0.3) is 0 Å². The van der Waals surface area contributed by atoms with Gasteiger partial charge in [0.1, 0.15) is 0 Å². The van der Waals surface area contributed by atoms with Crippen LogP contribution in [0.3, 0.4) is 0 Å². The molecule has 0 fully saturated rings. The van der Waals surface area contributed by atoms with Crippen LogP contribution >= 0.6 is 0 Å². The highest BCUT2D eigenvalue weighted by Gasteiger charge is 2.09. The molecular weight excluding hydrogens is 214 g/mol. The summed E-state index contributed by atoms with van der Waals surface area (Å²) in [4.78, 5) is 10.9. The number of benzene rings is 1. The highest BCUT2D eigenvalue weighted by molar-refractivity contribution is 5.89. The summed E-state index contributed by atoms with van der Waals surface area (Å²) < 4.78 is 0. The van der Waals surface area contributed by atoms with Gasteiger partial charge in [-0.1, -0.05) is 19.9 Å². The van der Waals surface area contributed by atoms with E-state index < -0.39 is 5.97 Å². The smallest absolute Gasteiger partial charge is 0.335 e. The van der Waals surface area contributed by atoms with Crippen molar-refractivity contribution < 1.29 is 9.90 Å². The van der Waals surface area contributed by atoms with Crippen LogP contribution in [0.4, 0.5) is 5.69 Å². The van der Waals surface area contributed by atoms with E-state index in [1.807, 2.05) is 13.0 Å². The summed E-state index contributed by atoms with van der Waals surface area (Å²) in [6, 6.07) is 5.52. The summed E-state index contributed by atoms with van der Waals surface area (Å²) in [7, 11) is 0. The molecule has 0 saturated carbocycles. The fourth-order valence-corrected chi connectivity index (χ4v) is 1.94. The Morgan fingerprint density at radius 3 is 2.53 bits per heavy atom. The van der Waals surface area contributed by atoms with E-state index in [0.717, 1.165) is 17.7 Å². The largest absolute Gasteiger partial charge is 0.478 e. The Hall–Kier alpha value is -1.51. The van der Waals surface area contributed by atoms with E-state index in [4.69, 9.17) is 5.11 Å². The number of aromatic carboxylic acids is 1. The molecule has 0 bridgehead atoms. The first-order chi connectivity index (χ1) is 7.90. The standard InChI is InChI=1S/C14H21NO2/c1-9(2)7-11(4)15-13-8-12(14(16)17)6-5-10(13)3/h5-6,8-9,11,15H,7H2,1-4H3,(H,16,17). The minimum absolute atomic E-state index is 0.329. The average Bonchev–Trinajstić information content (AvgIpc) is 2.19. The number of hydrogen-bond acceptors (Lipinski definition) is 2. The Labute approximate surface area is 103 Å². The fourth-order valence-electron chi connectivity index (χ4n) is 1.94. The molecule has 17 heavy (non-hydrogen) atoms. The molecule has 3 heteroatoms. The zero-order valence-electron chi connectivity index (χ0n) is 10.9. The van der Waals surface area contributed by atoms with Crippen LogP contribution in [0.1, 0.15) is 43.1 Å². The third-order valence-electron chi connectivity index (χ3n) is 2.71. The highest BCUT2D eigenvalue weighted by atomic mass is 16.4. The van der Waals surface area contributed by atoms with Crippen LogP contribution in [-0.2, 0) is 0 Å². The van der Waals surface area contributed by atoms with Crippen molar-refractivity contribution in [2.75, 3.05) is 5.32 Å². The van der Waals surface area contributed by atoms with E-state index in [-0.39, 0.29) is 0 Å². The molecule has 1 unspecified atom stereocenters. The van der Waals surface area contributed by atoms with Crippen LogP contribution in [0, 0.1) is 12.8 Å². The molecular formula is C14H21NO2. The lowest BCUT2D eigenvalue weighted by Crippen LogP contribution is -2.18. The van der Waals surface area contributed by atoms with Gasteiger partial charge in [-0.3, -0.25) is 0 Å². The molecule has 1 atom stereocenters. The van der Waals surface area contributed by atoms with Crippen LogP contribution in [-0.4, -0.2) is 17.1 Å². The second-order valence-corrected chi connectivity index (χ2v) is 5.01. The Morgan fingerprint density at radius 1 is 1.35 bits per heavy atom. The van der Waals surface area contributed by atoms with Gasteiger partial charge in [0.15, 0.2) is 0 Å². The maximum absolute atomic E-state index is 10.9. The van der Waals surface area contributed by atoms with Gasteiger partial charge in [0.2, 0.25) is 0 Å². The van der Waals surface area contributed by atoms with Gasteiger partial charge in [-0.25, -0.2) is 4.79 Å². The number of aryl methyl sites for hydroxylation is 1. The average molecular weight is 235 g/mol. The first kappa shape index (κ1) is 13.6. The van der Waals surface area contributed by atoms with E-state index in [1.165, 1.54) is 0 Å². The van der Waals surface area contributed by atoms with Crippen LogP contribution in [0.2, 0.25) is 0 Å². The molecule has 0 aliphatic heterocycles. The van der Waals surface area contributed by atoms with Gasteiger partial charge in [0.25, 0.3) is 0 Å². The SMILES string of the molecule is Cc1ccc(C(=O)O)cc1NC(C)CC(C)C. The third kappa shape index (κ3) is 4.10. The lowest BCUT2D eigenvalue weighted by Gasteiger charge is -2.19. The summed E-state index contributed by atoms with van der Waals surface area (Å²) in [5.74, 6) is -0.259. The number of hydrogen-bond donors (Lipinski definition) is 2. The van der Waals surface area contributed by atoms with Crippen LogP contribution in [0.5, 0.6) is 0 Å². The van der Waals surface area contributed by atoms with E-state index in [1.54, 1.807) is 12.1 Å². The van der Waals surface area contributed by atoms with E-state index >= 15 is 0 Å². The van der Waals surface area contributed by atoms with Crippen LogP contribution < -0.4 is 5.32 Å². The molecule has 1 aromatic rings. The quantitative estimate of drug-likeness (QED) is 0.820. The maximum Gasteiger partial charge on any atom is 0.335 e. The van der Waals surface area contributed by atoms with Crippen molar-refractivity contribution in [3.8, 4) is 0 Å². The first-order valence-corrected chi connectivity index (χ1v) is 6.00. The molecule has 1 aromatic carbocycles. The molecule has 2 N–H and O–H groups in total. The van der Waals surface area contributed by atoms with Gasteiger partial charge in [0, 0.05) is 11.7 Å². The Balaban J connectivity index is 2.82. The van der Waals surface area contributed by atoms with Gasteiger partial charge in [0.05, 0.1) is 5.56 Å². The number of nitrogens with one attached hydrogen (secondary N) is 1. The van der Waals surface area contributed by atoms with Crippen molar-refractivity contribution >= 4 is 11.7 Å². The summed E-state index contributed by atoms with van der Waals surface area (Å²) in [5.41, 5.74) is 2.32. The second-order valence-electron chi connectivity index (χ2n) is 5.01. The van der Waals surface area contributed by atoms with Gasteiger partial charge in [-0.2, -0.15) is 0 Å². The zero-order chi connectivity index (χ0) is 13.0. The Kier molecular flexibility index (Phi) is 4.55. The molecule has 0 aromatic heterocycles. The van der Waals surface area contributed by atoms with Gasteiger partial charge < -0.3 is 10.4 Å². The van der Waals surface area contributed by atoms with Crippen molar-refractivity contribution in [2.45, 2.75) is 40.2 Å². The molecule has 0 aliphatic carbocycles. The molecule has 1 rings (SSSR count). The molecule has 0 radical (unpaired) electrons. The number of carboxylic acid groups (broad SMARTS) is 1. The van der Waals surface area contributed by atoms with E-state index in [0.29, 0.717) is 17.5 Å². The number of carbonyl (C=O) groups is 1. The minimum atomic E-state index is -0.885. The Bertz CT molecular complexity index is 399. The molecule has 0 saturated heterocycles. The number of anilines is 1. The molecule has 94 valence electrons. The summed E-state index contributed by atoms with van der Waals surface area (Å²) in [6.07, 6.45) is 1.07. The normalized spacial score (nSPS) is 12.5. The van der Waals surface area contributed by atoms with Gasteiger partial charge in [-0.15, -0.1) is 0 Å². The fraction of sp³-hybridized carbons (Fsp3) is 0.500. The van der Waals surface area contributed by atoms with Crippen molar-refractivity contribution in [1.82, 2.24) is 0 Å². The van der Waals surface area contributed by atoms with E-state index in [9.17, 15) is 4.79 Å².